The number of rotatable bonds is 7. The van der Waals surface area contributed by atoms with Crippen molar-refractivity contribution < 1.29 is 0 Å². The summed E-state index contributed by atoms with van der Waals surface area (Å²) in [5.74, 6) is 0.802. The number of nitrogens with one attached hydrogen (secondary N) is 2. The third-order valence-corrected chi connectivity index (χ3v) is 6.10. The number of imidazole rings is 1. The second-order valence-corrected chi connectivity index (χ2v) is 8.75. The molecule has 0 unspecified atom stereocenters. The molecule has 4 aromatic rings. The van der Waals surface area contributed by atoms with E-state index >= 15 is 0 Å². The Morgan fingerprint density at radius 3 is 2.47 bits per heavy atom. The molecular formula is C25H28IN5S. The van der Waals surface area contributed by atoms with Crippen molar-refractivity contribution in [1.29, 1.82) is 0 Å². The Hall–Kier alpha value is -2.65. The van der Waals surface area contributed by atoms with Gasteiger partial charge in [-0.2, -0.15) is 0 Å². The Balaban J connectivity index is 0.00000289. The molecule has 0 aliphatic rings. The third kappa shape index (κ3) is 6.43. The summed E-state index contributed by atoms with van der Waals surface area (Å²) in [5.41, 5.74) is 4.93. The molecule has 0 amide bonds. The largest absolute Gasteiger partial charge is 0.352 e. The zero-order chi connectivity index (χ0) is 21.5. The summed E-state index contributed by atoms with van der Waals surface area (Å²) in [4.78, 5) is 11.1. The molecule has 2 N–H and O–H groups in total. The number of nitrogens with zero attached hydrogens (tertiary/aromatic N) is 3. The summed E-state index contributed by atoms with van der Waals surface area (Å²) in [6, 6.07) is 21.6. The average molecular weight is 558 g/mol. The molecule has 0 fully saturated rings. The van der Waals surface area contributed by atoms with Crippen LogP contribution in [0.2, 0.25) is 0 Å². The maximum atomic E-state index is 4.37. The first kappa shape index (κ1) is 24.0. The molecule has 0 saturated heterocycles. The van der Waals surface area contributed by atoms with Gasteiger partial charge >= 0.3 is 0 Å². The van der Waals surface area contributed by atoms with E-state index in [9.17, 15) is 0 Å². The van der Waals surface area contributed by atoms with Crippen molar-refractivity contribution in [3.05, 3.63) is 100 Å². The molecule has 7 heteroatoms. The van der Waals surface area contributed by atoms with Crippen LogP contribution in [0, 0.1) is 6.92 Å². The standard InChI is InChI=1S/C25H27N5S.HI/c1-19-7-12-23(31-19)16-29-25(26-2)28-15-22-5-3-4-6-24(22)21-10-8-20(9-11-21)17-30-14-13-27-18-30;/h3-14,18H,15-17H2,1-2H3,(H2,26,28,29);1H. The predicted octanol–water partition coefficient (Wildman–Crippen LogP) is 5.45. The molecule has 32 heavy (non-hydrogen) atoms. The molecule has 0 saturated carbocycles. The van der Waals surface area contributed by atoms with Crippen molar-refractivity contribution in [3.8, 4) is 11.1 Å². The molecule has 0 spiro atoms. The highest BCUT2D eigenvalue weighted by atomic mass is 127. The number of aromatic nitrogens is 2. The fraction of sp³-hybridized carbons (Fsp3) is 0.200. The minimum Gasteiger partial charge on any atom is -0.352 e. The first-order valence-electron chi connectivity index (χ1n) is 10.3. The number of guanidine groups is 1. The number of hydrogen-bond donors (Lipinski definition) is 2. The minimum absolute atomic E-state index is 0. The van der Waals surface area contributed by atoms with E-state index in [1.165, 1.54) is 32.0 Å². The van der Waals surface area contributed by atoms with Gasteiger partial charge in [0.15, 0.2) is 5.96 Å². The minimum atomic E-state index is 0. The van der Waals surface area contributed by atoms with Crippen molar-refractivity contribution >= 4 is 41.3 Å². The van der Waals surface area contributed by atoms with Gasteiger partial charge in [-0.15, -0.1) is 35.3 Å². The highest BCUT2D eigenvalue weighted by Gasteiger charge is 2.07. The fourth-order valence-electron chi connectivity index (χ4n) is 3.49. The van der Waals surface area contributed by atoms with E-state index in [0.29, 0.717) is 6.54 Å². The van der Waals surface area contributed by atoms with Gasteiger partial charge in [0.1, 0.15) is 0 Å². The van der Waals surface area contributed by atoms with Crippen molar-refractivity contribution in [3.63, 3.8) is 0 Å². The van der Waals surface area contributed by atoms with Crippen molar-refractivity contribution in [2.75, 3.05) is 7.05 Å². The first-order chi connectivity index (χ1) is 15.2. The number of aryl methyl sites for hydroxylation is 1. The summed E-state index contributed by atoms with van der Waals surface area (Å²) in [6.07, 6.45) is 5.63. The van der Waals surface area contributed by atoms with Gasteiger partial charge in [0.25, 0.3) is 0 Å². The van der Waals surface area contributed by atoms with E-state index in [2.05, 4.69) is 92.8 Å². The second-order valence-electron chi connectivity index (χ2n) is 7.38. The van der Waals surface area contributed by atoms with Crippen molar-refractivity contribution in [2.24, 2.45) is 4.99 Å². The Morgan fingerprint density at radius 1 is 1.00 bits per heavy atom. The Bertz CT molecular complexity index is 1130. The molecule has 4 rings (SSSR count). The van der Waals surface area contributed by atoms with Crippen LogP contribution in [0.25, 0.3) is 11.1 Å². The summed E-state index contributed by atoms with van der Waals surface area (Å²) >= 11 is 1.81. The summed E-state index contributed by atoms with van der Waals surface area (Å²) in [5, 5.41) is 6.85. The molecule has 5 nitrogen and oxygen atoms in total. The Morgan fingerprint density at radius 2 is 1.78 bits per heavy atom. The van der Waals surface area contributed by atoms with Crippen LogP contribution >= 0.6 is 35.3 Å². The normalized spacial score (nSPS) is 11.1. The molecule has 0 radical (unpaired) electrons. The maximum Gasteiger partial charge on any atom is 0.191 e. The molecule has 2 heterocycles. The second kappa shape index (κ2) is 11.8. The van der Waals surface area contributed by atoms with Crippen LogP contribution < -0.4 is 10.6 Å². The highest BCUT2D eigenvalue weighted by Crippen LogP contribution is 2.24. The monoisotopic (exact) mass is 557 g/mol. The van der Waals surface area contributed by atoms with Gasteiger partial charge in [0.2, 0.25) is 0 Å². The quantitative estimate of drug-likeness (QED) is 0.181. The maximum absolute atomic E-state index is 4.37. The molecule has 166 valence electrons. The lowest BCUT2D eigenvalue weighted by Gasteiger charge is -2.14. The molecular weight excluding hydrogens is 529 g/mol. The lowest BCUT2D eigenvalue weighted by atomic mass is 9.98. The predicted molar refractivity (Wildman–Crippen MR) is 145 cm³/mol. The van der Waals surface area contributed by atoms with Crippen molar-refractivity contribution in [2.45, 2.75) is 26.6 Å². The number of halogens is 1. The Kier molecular flexibility index (Phi) is 8.87. The van der Waals surface area contributed by atoms with E-state index in [1.54, 1.807) is 18.4 Å². The number of hydrogen-bond acceptors (Lipinski definition) is 3. The zero-order valence-electron chi connectivity index (χ0n) is 18.3. The van der Waals surface area contributed by atoms with Gasteiger partial charge in [0, 0.05) is 42.3 Å². The third-order valence-electron chi connectivity index (χ3n) is 5.10. The molecule has 0 atom stereocenters. The van der Waals surface area contributed by atoms with Gasteiger partial charge in [-0.3, -0.25) is 4.99 Å². The summed E-state index contributed by atoms with van der Waals surface area (Å²) in [7, 11) is 1.81. The number of thiophene rings is 1. The molecule has 0 aliphatic heterocycles. The summed E-state index contributed by atoms with van der Waals surface area (Å²) in [6.45, 7) is 4.44. The molecule has 0 aliphatic carbocycles. The van der Waals surface area contributed by atoms with E-state index in [1.807, 2.05) is 18.7 Å². The lowest BCUT2D eigenvalue weighted by Crippen LogP contribution is -2.36. The lowest BCUT2D eigenvalue weighted by molar-refractivity contribution is 0.797. The van der Waals surface area contributed by atoms with Gasteiger partial charge < -0.3 is 15.2 Å². The fourth-order valence-corrected chi connectivity index (χ4v) is 4.32. The van der Waals surface area contributed by atoms with Crippen LogP contribution in [-0.4, -0.2) is 22.6 Å². The average Bonchev–Trinajstić information content (AvgIpc) is 3.46. The highest BCUT2D eigenvalue weighted by molar-refractivity contribution is 14.0. The van der Waals surface area contributed by atoms with Crippen LogP contribution in [0.3, 0.4) is 0 Å². The van der Waals surface area contributed by atoms with Gasteiger partial charge in [-0.25, -0.2) is 4.98 Å². The van der Waals surface area contributed by atoms with E-state index in [4.69, 9.17) is 0 Å². The number of aliphatic imine (C=N–C) groups is 1. The van der Waals surface area contributed by atoms with Gasteiger partial charge in [-0.1, -0.05) is 48.5 Å². The van der Waals surface area contributed by atoms with Crippen LogP contribution in [0.5, 0.6) is 0 Å². The molecule has 2 aromatic carbocycles. The van der Waals surface area contributed by atoms with Gasteiger partial charge in [-0.05, 0) is 41.3 Å². The first-order valence-corrected chi connectivity index (χ1v) is 11.2. The van der Waals surface area contributed by atoms with Crippen molar-refractivity contribution in [1.82, 2.24) is 20.2 Å². The van der Waals surface area contributed by atoms with Crippen LogP contribution in [-0.2, 0) is 19.6 Å². The van der Waals surface area contributed by atoms with Crippen LogP contribution in [0.15, 0.2) is 84.4 Å². The SMILES string of the molecule is CN=C(NCc1ccc(C)s1)NCc1ccccc1-c1ccc(Cn2ccnc2)cc1.I. The molecule has 0 bridgehead atoms. The van der Waals surface area contributed by atoms with E-state index < -0.39 is 0 Å². The van der Waals surface area contributed by atoms with Crippen LogP contribution in [0.4, 0.5) is 0 Å². The van der Waals surface area contributed by atoms with E-state index in [-0.39, 0.29) is 24.0 Å². The van der Waals surface area contributed by atoms with Gasteiger partial charge in [0.05, 0.1) is 12.9 Å². The topological polar surface area (TPSA) is 54.2 Å². The smallest absolute Gasteiger partial charge is 0.191 e. The summed E-state index contributed by atoms with van der Waals surface area (Å²) < 4.78 is 2.07. The van der Waals surface area contributed by atoms with Crippen LogP contribution in [0.1, 0.15) is 20.9 Å². The Labute approximate surface area is 210 Å². The molecule has 2 aromatic heterocycles. The zero-order valence-corrected chi connectivity index (χ0v) is 21.4. The number of benzene rings is 2. The van der Waals surface area contributed by atoms with E-state index in [0.717, 1.165) is 19.0 Å².